The van der Waals surface area contributed by atoms with Gasteiger partial charge in [0.25, 0.3) is 0 Å². The molecule has 3 aromatic rings. The van der Waals surface area contributed by atoms with E-state index in [1.165, 1.54) is 12.1 Å². The molecule has 0 amide bonds. The Hall–Kier alpha value is -2.05. The molecule has 1 fully saturated rings. The lowest BCUT2D eigenvalue weighted by Gasteiger charge is -2.35. The SMILES string of the molecule is OC(c1ccc(F)cc1)C1CCN(c2ncnc3ccc(Br)cc23)CC1. The number of aliphatic hydroxyl groups is 1. The van der Waals surface area contributed by atoms with Crippen LogP contribution in [0.2, 0.25) is 0 Å². The third-order valence-corrected chi connectivity index (χ3v) is 5.57. The maximum atomic E-state index is 13.1. The second-order valence-corrected chi connectivity index (χ2v) is 7.60. The second-order valence-electron chi connectivity index (χ2n) is 6.68. The van der Waals surface area contributed by atoms with Crippen LogP contribution in [-0.2, 0) is 0 Å². The maximum absolute atomic E-state index is 13.1. The Kier molecular flexibility index (Phi) is 4.87. The summed E-state index contributed by atoms with van der Waals surface area (Å²) >= 11 is 3.52. The molecule has 4 rings (SSSR count). The quantitative estimate of drug-likeness (QED) is 0.684. The first-order valence-electron chi connectivity index (χ1n) is 8.70. The van der Waals surface area contributed by atoms with Crippen LogP contribution in [0.25, 0.3) is 10.9 Å². The smallest absolute Gasteiger partial charge is 0.139 e. The standard InChI is InChI=1S/C20H19BrFN3O/c21-15-3-6-18-17(11-15)20(24-12-23-18)25-9-7-14(8-10-25)19(26)13-1-4-16(22)5-2-13/h1-6,11-12,14,19,26H,7-10H2. The van der Waals surface area contributed by atoms with Gasteiger partial charge >= 0.3 is 0 Å². The fraction of sp³-hybridized carbons (Fsp3) is 0.300. The Labute approximate surface area is 159 Å². The topological polar surface area (TPSA) is 49.2 Å². The zero-order valence-corrected chi connectivity index (χ0v) is 15.7. The largest absolute Gasteiger partial charge is 0.388 e. The van der Waals surface area contributed by atoms with Crippen molar-refractivity contribution < 1.29 is 9.50 Å². The van der Waals surface area contributed by atoms with Crippen LogP contribution in [0.3, 0.4) is 0 Å². The summed E-state index contributed by atoms with van der Waals surface area (Å²) in [5.74, 6) is 0.820. The van der Waals surface area contributed by atoms with Crippen molar-refractivity contribution in [2.45, 2.75) is 18.9 Å². The zero-order valence-electron chi connectivity index (χ0n) is 14.1. The third-order valence-electron chi connectivity index (χ3n) is 5.07. The summed E-state index contributed by atoms with van der Waals surface area (Å²) in [5, 5.41) is 11.7. The predicted molar refractivity (Wildman–Crippen MR) is 104 cm³/mol. The summed E-state index contributed by atoms with van der Waals surface area (Å²) in [6.45, 7) is 1.64. The van der Waals surface area contributed by atoms with Gasteiger partial charge in [0.2, 0.25) is 0 Å². The molecular weight excluding hydrogens is 397 g/mol. The van der Waals surface area contributed by atoms with Crippen molar-refractivity contribution in [1.29, 1.82) is 0 Å². The van der Waals surface area contributed by atoms with Crippen molar-refractivity contribution in [3.05, 3.63) is 64.6 Å². The predicted octanol–water partition coefficient (Wildman–Crippen LogP) is 4.48. The monoisotopic (exact) mass is 415 g/mol. The summed E-state index contributed by atoms with van der Waals surface area (Å²) in [6, 6.07) is 12.1. The molecule has 0 bridgehead atoms. The molecule has 1 N–H and O–H groups in total. The number of aromatic nitrogens is 2. The van der Waals surface area contributed by atoms with Crippen LogP contribution in [0.5, 0.6) is 0 Å². The lowest BCUT2D eigenvalue weighted by atomic mass is 9.87. The van der Waals surface area contributed by atoms with Crippen molar-refractivity contribution in [3.8, 4) is 0 Å². The number of fused-ring (bicyclic) bond motifs is 1. The highest BCUT2D eigenvalue weighted by Crippen LogP contribution is 2.34. The first kappa shape index (κ1) is 17.4. The van der Waals surface area contributed by atoms with Crippen LogP contribution in [0.1, 0.15) is 24.5 Å². The van der Waals surface area contributed by atoms with Crippen molar-refractivity contribution in [2.75, 3.05) is 18.0 Å². The van der Waals surface area contributed by atoms with E-state index in [-0.39, 0.29) is 11.7 Å². The minimum atomic E-state index is -0.561. The number of hydrogen-bond donors (Lipinski definition) is 1. The van der Waals surface area contributed by atoms with Gasteiger partial charge < -0.3 is 10.0 Å². The molecule has 6 heteroatoms. The van der Waals surface area contributed by atoms with Crippen molar-refractivity contribution in [1.82, 2.24) is 9.97 Å². The molecule has 2 heterocycles. The number of anilines is 1. The van der Waals surface area contributed by atoms with Crippen LogP contribution >= 0.6 is 15.9 Å². The number of piperidine rings is 1. The first-order valence-corrected chi connectivity index (χ1v) is 9.50. The molecule has 1 aliphatic heterocycles. The summed E-state index contributed by atoms with van der Waals surface area (Å²) in [4.78, 5) is 11.1. The Balaban J connectivity index is 1.50. The van der Waals surface area contributed by atoms with E-state index in [2.05, 4.69) is 30.8 Å². The van der Waals surface area contributed by atoms with Gasteiger partial charge in [0, 0.05) is 22.9 Å². The average Bonchev–Trinajstić information content (AvgIpc) is 2.68. The van der Waals surface area contributed by atoms with Gasteiger partial charge in [-0.1, -0.05) is 28.1 Å². The summed E-state index contributed by atoms with van der Waals surface area (Å²) in [6.07, 6.45) is 2.76. The summed E-state index contributed by atoms with van der Waals surface area (Å²) in [7, 11) is 0. The van der Waals surface area contributed by atoms with E-state index < -0.39 is 6.10 Å². The fourth-order valence-corrected chi connectivity index (χ4v) is 3.99. The van der Waals surface area contributed by atoms with E-state index in [9.17, 15) is 9.50 Å². The van der Waals surface area contributed by atoms with Gasteiger partial charge in [-0.15, -0.1) is 0 Å². The first-order chi connectivity index (χ1) is 12.6. The number of benzene rings is 2. The van der Waals surface area contributed by atoms with E-state index in [1.807, 2.05) is 18.2 Å². The molecule has 1 saturated heterocycles. The number of rotatable bonds is 3. The van der Waals surface area contributed by atoms with Gasteiger partial charge in [0.05, 0.1) is 11.6 Å². The molecule has 134 valence electrons. The Morgan fingerprint density at radius 3 is 2.54 bits per heavy atom. The highest BCUT2D eigenvalue weighted by molar-refractivity contribution is 9.10. The maximum Gasteiger partial charge on any atom is 0.139 e. The molecular formula is C20H19BrFN3O. The van der Waals surface area contributed by atoms with Crippen LogP contribution in [0.15, 0.2) is 53.3 Å². The molecule has 0 spiro atoms. The van der Waals surface area contributed by atoms with E-state index >= 15 is 0 Å². The average molecular weight is 416 g/mol. The van der Waals surface area contributed by atoms with E-state index in [1.54, 1.807) is 18.5 Å². The van der Waals surface area contributed by atoms with Crippen molar-refractivity contribution >= 4 is 32.7 Å². The highest BCUT2D eigenvalue weighted by Gasteiger charge is 2.27. The number of halogens is 2. The van der Waals surface area contributed by atoms with Crippen LogP contribution in [0.4, 0.5) is 10.2 Å². The van der Waals surface area contributed by atoms with Gasteiger partial charge in [0.15, 0.2) is 0 Å². The van der Waals surface area contributed by atoms with Crippen LogP contribution in [0, 0.1) is 11.7 Å². The highest BCUT2D eigenvalue weighted by atomic mass is 79.9. The van der Waals surface area contributed by atoms with E-state index in [0.717, 1.165) is 52.7 Å². The molecule has 1 unspecified atom stereocenters. The molecule has 0 saturated carbocycles. The molecule has 1 aliphatic rings. The second kappa shape index (κ2) is 7.29. The van der Waals surface area contributed by atoms with Gasteiger partial charge in [-0.3, -0.25) is 0 Å². The fourth-order valence-electron chi connectivity index (χ4n) is 3.63. The van der Waals surface area contributed by atoms with Gasteiger partial charge in [0.1, 0.15) is 18.0 Å². The Morgan fingerprint density at radius 2 is 1.81 bits per heavy atom. The molecule has 0 aliphatic carbocycles. The molecule has 1 atom stereocenters. The number of hydrogen-bond acceptors (Lipinski definition) is 4. The third kappa shape index (κ3) is 3.44. The van der Waals surface area contributed by atoms with Gasteiger partial charge in [-0.05, 0) is 54.7 Å². The van der Waals surface area contributed by atoms with Gasteiger partial charge in [-0.2, -0.15) is 0 Å². The zero-order chi connectivity index (χ0) is 18.1. The van der Waals surface area contributed by atoms with E-state index in [0.29, 0.717) is 0 Å². The molecule has 2 aromatic carbocycles. The summed E-state index contributed by atoms with van der Waals surface area (Å²) in [5.41, 5.74) is 1.70. The van der Waals surface area contributed by atoms with Crippen LogP contribution in [-0.4, -0.2) is 28.2 Å². The molecule has 26 heavy (non-hydrogen) atoms. The van der Waals surface area contributed by atoms with Gasteiger partial charge in [-0.25, -0.2) is 14.4 Å². The van der Waals surface area contributed by atoms with E-state index in [4.69, 9.17) is 0 Å². The molecule has 4 nitrogen and oxygen atoms in total. The minimum absolute atomic E-state index is 0.163. The number of nitrogens with zero attached hydrogens (tertiary/aromatic N) is 3. The minimum Gasteiger partial charge on any atom is -0.388 e. The Bertz CT molecular complexity index is 911. The summed E-state index contributed by atoms with van der Waals surface area (Å²) < 4.78 is 14.1. The normalized spacial score (nSPS) is 16.8. The van der Waals surface area contributed by atoms with Crippen LogP contribution < -0.4 is 4.90 Å². The lowest BCUT2D eigenvalue weighted by Crippen LogP contribution is -2.36. The lowest BCUT2D eigenvalue weighted by molar-refractivity contribution is 0.0928. The molecule has 1 aromatic heterocycles. The van der Waals surface area contributed by atoms with Crippen molar-refractivity contribution in [3.63, 3.8) is 0 Å². The molecule has 0 radical (unpaired) electrons. The Morgan fingerprint density at radius 1 is 1.08 bits per heavy atom. The number of aliphatic hydroxyl groups excluding tert-OH is 1. The van der Waals surface area contributed by atoms with Crippen molar-refractivity contribution in [2.24, 2.45) is 5.92 Å².